The second kappa shape index (κ2) is 5.14. The summed E-state index contributed by atoms with van der Waals surface area (Å²) in [5, 5.41) is 2.78. The third-order valence-electron chi connectivity index (χ3n) is 2.24. The Morgan fingerprint density at radius 1 is 1.24 bits per heavy atom. The average Bonchev–Trinajstić information content (AvgIpc) is 2.62. The van der Waals surface area contributed by atoms with Crippen LogP contribution in [-0.2, 0) is 6.54 Å². The van der Waals surface area contributed by atoms with Gasteiger partial charge >= 0.3 is 0 Å². The molecule has 0 amide bonds. The van der Waals surface area contributed by atoms with E-state index in [0.717, 1.165) is 4.88 Å². The molecule has 0 bridgehead atoms. The van der Waals surface area contributed by atoms with Crippen LogP contribution in [0.4, 0.5) is 14.5 Å². The predicted molar refractivity (Wildman–Crippen MR) is 70.4 cm³/mol. The van der Waals surface area contributed by atoms with E-state index >= 15 is 0 Å². The van der Waals surface area contributed by atoms with Gasteiger partial charge in [0, 0.05) is 20.8 Å². The van der Waals surface area contributed by atoms with Crippen molar-refractivity contribution in [2.24, 2.45) is 0 Å². The summed E-state index contributed by atoms with van der Waals surface area (Å²) in [6, 6.07) is 6.41. The Morgan fingerprint density at radius 2 is 1.88 bits per heavy atom. The van der Waals surface area contributed by atoms with Gasteiger partial charge in [0.1, 0.15) is 17.3 Å². The summed E-state index contributed by atoms with van der Waals surface area (Å²) in [4.78, 5) is 2.22. The van der Waals surface area contributed by atoms with Crippen molar-refractivity contribution in [1.82, 2.24) is 0 Å². The third-order valence-corrected chi connectivity index (χ3v) is 3.70. The van der Waals surface area contributed by atoms with Gasteiger partial charge in [0.25, 0.3) is 0 Å². The number of nitrogens with one attached hydrogen (secondary N) is 1. The van der Waals surface area contributed by atoms with Crippen molar-refractivity contribution in [2.45, 2.75) is 13.5 Å². The van der Waals surface area contributed by atoms with E-state index in [1.165, 1.54) is 17.0 Å². The summed E-state index contributed by atoms with van der Waals surface area (Å²) in [5.74, 6) is -1.18. The number of thiophene rings is 1. The van der Waals surface area contributed by atoms with Gasteiger partial charge in [-0.05, 0) is 31.2 Å². The summed E-state index contributed by atoms with van der Waals surface area (Å²) in [5.41, 5.74) is -0.0840. The summed E-state index contributed by atoms with van der Waals surface area (Å²) < 4.78 is 27.4. The molecule has 0 radical (unpaired) electrons. The van der Waals surface area contributed by atoms with Gasteiger partial charge in [-0.15, -0.1) is 11.3 Å². The zero-order valence-electron chi connectivity index (χ0n) is 9.06. The van der Waals surface area contributed by atoms with Crippen molar-refractivity contribution >= 4 is 33.0 Å². The van der Waals surface area contributed by atoms with Crippen molar-refractivity contribution in [3.63, 3.8) is 0 Å². The van der Waals surface area contributed by atoms with Gasteiger partial charge in [-0.1, -0.05) is 15.9 Å². The number of anilines is 1. The number of halogens is 3. The van der Waals surface area contributed by atoms with Crippen molar-refractivity contribution < 1.29 is 8.78 Å². The highest BCUT2D eigenvalue weighted by Gasteiger charge is 2.10. The van der Waals surface area contributed by atoms with Gasteiger partial charge in [-0.2, -0.15) is 0 Å². The molecule has 1 heterocycles. The van der Waals surface area contributed by atoms with E-state index in [1.54, 1.807) is 11.3 Å². The molecule has 1 aromatic carbocycles. The molecule has 0 spiro atoms. The molecule has 5 heteroatoms. The highest BCUT2D eigenvalue weighted by molar-refractivity contribution is 9.10. The molecule has 0 saturated heterocycles. The quantitative estimate of drug-likeness (QED) is 0.864. The molecule has 2 aromatic rings. The first-order valence-electron chi connectivity index (χ1n) is 5.00. The standard InChI is InChI=1S/C12H10BrF2NS/c1-7-2-3-9(17-7)6-16-12-10(14)4-8(13)5-11(12)15/h2-5,16H,6H2,1H3. The third kappa shape index (κ3) is 3.04. The van der Waals surface area contributed by atoms with Crippen LogP contribution in [0, 0.1) is 18.6 Å². The Labute approximate surface area is 111 Å². The van der Waals surface area contributed by atoms with Crippen molar-refractivity contribution in [3.05, 3.63) is 50.1 Å². The van der Waals surface area contributed by atoms with Crippen LogP contribution in [0.3, 0.4) is 0 Å². The summed E-state index contributed by atoms with van der Waals surface area (Å²) in [6.45, 7) is 2.42. The second-order valence-electron chi connectivity index (χ2n) is 3.61. The van der Waals surface area contributed by atoms with E-state index in [9.17, 15) is 8.78 Å². The SMILES string of the molecule is Cc1ccc(CNc2c(F)cc(Br)cc2F)s1. The van der Waals surface area contributed by atoms with Crippen molar-refractivity contribution in [1.29, 1.82) is 0 Å². The van der Waals surface area contributed by atoms with Crippen LogP contribution < -0.4 is 5.32 Å². The maximum Gasteiger partial charge on any atom is 0.150 e. The minimum absolute atomic E-state index is 0.0840. The van der Waals surface area contributed by atoms with Gasteiger partial charge < -0.3 is 5.32 Å². The summed E-state index contributed by atoms with van der Waals surface area (Å²) in [6.07, 6.45) is 0. The molecular formula is C12H10BrF2NS. The maximum atomic E-state index is 13.5. The lowest BCUT2D eigenvalue weighted by molar-refractivity contribution is 0.586. The van der Waals surface area contributed by atoms with Crippen LogP contribution >= 0.6 is 27.3 Å². The minimum atomic E-state index is -0.592. The van der Waals surface area contributed by atoms with Gasteiger partial charge in [0.15, 0.2) is 0 Å². The fourth-order valence-electron chi connectivity index (χ4n) is 1.47. The first-order chi connectivity index (χ1) is 8.06. The lowest BCUT2D eigenvalue weighted by Crippen LogP contribution is -2.02. The number of hydrogen-bond donors (Lipinski definition) is 1. The molecule has 0 fully saturated rings. The van der Waals surface area contributed by atoms with Crippen molar-refractivity contribution in [2.75, 3.05) is 5.32 Å². The molecule has 1 nitrogen and oxygen atoms in total. The number of rotatable bonds is 3. The Bertz CT molecular complexity index is 516. The molecule has 90 valence electrons. The fourth-order valence-corrected chi connectivity index (χ4v) is 2.70. The van der Waals surface area contributed by atoms with E-state index in [2.05, 4.69) is 21.2 Å². The van der Waals surface area contributed by atoms with Gasteiger partial charge in [0.2, 0.25) is 0 Å². The number of aryl methyl sites for hydroxylation is 1. The van der Waals surface area contributed by atoms with Crippen LogP contribution in [-0.4, -0.2) is 0 Å². The zero-order valence-corrected chi connectivity index (χ0v) is 11.5. The first-order valence-corrected chi connectivity index (χ1v) is 6.61. The van der Waals surface area contributed by atoms with E-state index in [1.807, 2.05) is 19.1 Å². The lowest BCUT2D eigenvalue weighted by atomic mass is 10.3. The van der Waals surface area contributed by atoms with E-state index in [4.69, 9.17) is 0 Å². The molecule has 0 aliphatic heterocycles. The van der Waals surface area contributed by atoms with E-state index < -0.39 is 11.6 Å². The Morgan fingerprint density at radius 3 is 2.41 bits per heavy atom. The Hall–Kier alpha value is -0.940. The highest BCUT2D eigenvalue weighted by Crippen LogP contribution is 2.25. The first kappa shape index (κ1) is 12.5. The summed E-state index contributed by atoms with van der Waals surface area (Å²) >= 11 is 4.65. The Balaban J connectivity index is 2.14. The topological polar surface area (TPSA) is 12.0 Å². The van der Waals surface area contributed by atoms with Gasteiger partial charge in [0.05, 0.1) is 0 Å². The largest absolute Gasteiger partial charge is 0.375 e. The monoisotopic (exact) mass is 317 g/mol. The molecule has 0 aliphatic carbocycles. The zero-order chi connectivity index (χ0) is 12.4. The molecule has 0 unspecified atom stereocenters. The molecule has 0 saturated carbocycles. The van der Waals surface area contributed by atoms with Crippen LogP contribution in [0.15, 0.2) is 28.7 Å². The normalized spacial score (nSPS) is 10.6. The van der Waals surface area contributed by atoms with Crippen molar-refractivity contribution in [3.8, 4) is 0 Å². The molecule has 0 aliphatic rings. The van der Waals surface area contributed by atoms with Crippen LogP contribution in [0.5, 0.6) is 0 Å². The van der Waals surface area contributed by atoms with Crippen LogP contribution in [0.25, 0.3) is 0 Å². The smallest absolute Gasteiger partial charge is 0.150 e. The number of benzene rings is 1. The van der Waals surface area contributed by atoms with E-state index in [-0.39, 0.29) is 5.69 Å². The molecule has 2 rings (SSSR count). The van der Waals surface area contributed by atoms with Gasteiger partial charge in [-0.25, -0.2) is 8.78 Å². The minimum Gasteiger partial charge on any atom is -0.375 e. The second-order valence-corrected chi connectivity index (χ2v) is 5.90. The Kier molecular flexibility index (Phi) is 3.79. The fraction of sp³-hybridized carbons (Fsp3) is 0.167. The maximum absolute atomic E-state index is 13.5. The van der Waals surface area contributed by atoms with Crippen LogP contribution in [0.2, 0.25) is 0 Å². The molecule has 1 N–H and O–H groups in total. The lowest BCUT2D eigenvalue weighted by Gasteiger charge is -2.08. The molecule has 1 aromatic heterocycles. The van der Waals surface area contributed by atoms with Gasteiger partial charge in [-0.3, -0.25) is 0 Å². The highest BCUT2D eigenvalue weighted by atomic mass is 79.9. The average molecular weight is 318 g/mol. The van der Waals surface area contributed by atoms with Crippen LogP contribution in [0.1, 0.15) is 9.75 Å². The number of hydrogen-bond acceptors (Lipinski definition) is 2. The van der Waals surface area contributed by atoms with E-state index in [0.29, 0.717) is 11.0 Å². The summed E-state index contributed by atoms with van der Waals surface area (Å²) in [7, 11) is 0. The molecule has 17 heavy (non-hydrogen) atoms. The molecule has 0 atom stereocenters. The molecular weight excluding hydrogens is 308 g/mol. The predicted octanol–water partition coefficient (Wildman–Crippen LogP) is 4.71.